The third-order valence-electron chi connectivity index (χ3n) is 6.17. The molecule has 1 aromatic carbocycles. The molecule has 2 aliphatic heterocycles. The highest BCUT2D eigenvalue weighted by molar-refractivity contribution is 5.85. The number of likely N-dealkylation sites (tertiary alicyclic amines) is 1. The van der Waals surface area contributed by atoms with Gasteiger partial charge in [0.05, 0.1) is 0 Å². The van der Waals surface area contributed by atoms with Crippen LogP contribution in [0.5, 0.6) is 0 Å². The highest BCUT2D eigenvalue weighted by Crippen LogP contribution is 2.58. The Labute approximate surface area is 169 Å². The Kier molecular flexibility index (Phi) is 7.77. The molecule has 1 unspecified atom stereocenters. The standard InChI is InChI=1S/C20H29N3O.2ClH/c24-19(18-13-20(18)6-8-21-9-7-20)22-14-16-4-3-5-17(12-16)15-23-10-1-2-11-23;;/h3-5,12,18,21H,1-2,6-11,13-15H2,(H,22,24);2*1H. The summed E-state index contributed by atoms with van der Waals surface area (Å²) < 4.78 is 0. The molecule has 1 aromatic rings. The van der Waals surface area contributed by atoms with E-state index in [4.69, 9.17) is 0 Å². The number of carbonyl (C=O) groups excluding carboxylic acids is 1. The SMILES string of the molecule is Cl.Cl.O=C(NCc1cccc(CN2CCCC2)c1)C1CC12CCNCC2. The molecule has 2 heterocycles. The molecular formula is C20H31Cl2N3O. The fourth-order valence-electron chi connectivity index (χ4n) is 4.54. The minimum absolute atomic E-state index is 0. The fourth-order valence-corrected chi connectivity index (χ4v) is 4.54. The minimum Gasteiger partial charge on any atom is -0.352 e. The quantitative estimate of drug-likeness (QED) is 0.798. The Morgan fingerprint density at radius 1 is 1.15 bits per heavy atom. The van der Waals surface area contributed by atoms with E-state index in [9.17, 15) is 4.79 Å². The molecule has 0 radical (unpaired) electrons. The van der Waals surface area contributed by atoms with Crippen molar-refractivity contribution in [3.8, 4) is 0 Å². The number of amides is 1. The summed E-state index contributed by atoms with van der Waals surface area (Å²) in [6, 6.07) is 8.71. The molecule has 1 spiro atoms. The van der Waals surface area contributed by atoms with Crippen LogP contribution in [-0.4, -0.2) is 37.0 Å². The summed E-state index contributed by atoms with van der Waals surface area (Å²) >= 11 is 0. The number of hydrogen-bond donors (Lipinski definition) is 2. The zero-order chi connectivity index (χ0) is 16.4. The van der Waals surface area contributed by atoms with E-state index in [2.05, 4.69) is 39.8 Å². The number of carbonyl (C=O) groups is 1. The molecule has 0 bridgehead atoms. The second kappa shape index (κ2) is 9.41. The normalized spacial score (nSPS) is 23.8. The molecule has 0 aromatic heterocycles. The highest BCUT2D eigenvalue weighted by Gasteiger charge is 2.57. The van der Waals surface area contributed by atoms with E-state index in [-0.39, 0.29) is 36.6 Å². The highest BCUT2D eigenvalue weighted by atomic mass is 35.5. The maximum atomic E-state index is 12.5. The zero-order valence-electron chi connectivity index (χ0n) is 15.3. The maximum absolute atomic E-state index is 12.5. The lowest BCUT2D eigenvalue weighted by atomic mass is 9.92. The molecule has 4 nitrogen and oxygen atoms in total. The van der Waals surface area contributed by atoms with Crippen molar-refractivity contribution in [2.75, 3.05) is 26.2 Å². The second-order valence-electron chi connectivity index (χ2n) is 7.89. The van der Waals surface area contributed by atoms with Crippen LogP contribution < -0.4 is 10.6 Å². The van der Waals surface area contributed by atoms with E-state index in [1.807, 2.05) is 0 Å². The van der Waals surface area contributed by atoms with Crippen molar-refractivity contribution in [2.45, 2.75) is 45.2 Å². The summed E-state index contributed by atoms with van der Waals surface area (Å²) in [6.45, 7) is 6.29. The first kappa shape index (κ1) is 21.5. The third-order valence-corrected chi connectivity index (χ3v) is 6.17. The molecule has 1 atom stereocenters. The number of hydrogen-bond acceptors (Lipinski definition) is 3. The number of nitrogens with one attached hydrogen (secondary N) is 2. The Bertz CT molecular complexity index is 598. The molecule has 146 valence electrons. The third kappa shape index (κ3) is 4.92. The first-order valence-electron chi connectivity index (χ1n) is 9.54. The van der Waals surface area contributed by atoms with Gasteiger partial charge >= 0.3 is 0 Å². The van der Waals surface area contributed by atoms with Gasteiger partial charge in [0, 0.05) is 19.0 Å². The van der Waals surface area contributed by atoms with E-state index in [0.717, 1.165) is 38.9 Å². The van der Waals surface area contributed by atoms with Gasteiger partial charge in [-0.25, -0.2) is 0 Å². The van der Waals surface area contributed by atoms with Crippen molar-refractivity contribution in [1.29, 1.82) is 0 Å². The first-order chi connectivity index (χ1) is 11.8. The van der Waals surface area contributed by atoms with Crippen LogP contribution in [0.15, 0.2) is 24.3 Å². The molecule has 1 saturated carbocycles. The molecule has 6 heteroatoms. The average molecular weight is 400 g/mol. The largest absolute Gasteiger partial charge is 0.352 e. The Morgan fingerprint density at radius 2 is 1.85 bits per heavy atom. The van der Waals surface area contributed by atoms with Crippen LogP contribution in [0.4, 0.5) is 0 Å². The van der Waals surface area contributed by atoms with Gasteiger partial charge in [0.2, 0.25) is 5.91 Å². The number of piperidine rings is 1. The van der Waals surface area contributed by atoms with Crippen LogP contribution >= 0.6 is 24.8 Å². The summed E-state index contributed by atoms with van der Waals surface area (Å²) in [5.74, 6) is 0.522. The predicted octanol–water partition coefficient (Wildman–Crippen LogP) is 3.13. The van der Waals surface area contributed by atoms with Crippen molar-refractivity contribution in [3.05, 3.63) is 35.4 Å². The van der Waals surface area contributed by atoms with Crippen molar-refractivity contribution in [1.82, 2.24) is 15.5 Å². The van der Waals surface area contributed by atoms with Crippen molar-refractivity contribution < 1.29 is 4.79 Å². The second-order valence-corrected chi connectivity index (χ2v) is 7.89. The van der Waals surface area contributed by atoms with Crippen LogP contribution in [0.3, 0.4) is 0 Å². The lowest BCUT2D eigenvalue weighted by Crippen LogP contribution is -2.33. The predicted molar refractivity (Wildman–Crippen MR) is 110 cm³/mol. The Hall–Kier alpha value is -0.810. The minimum atomic E-state index is 0. The number of halogens is 2. The van der Waals surface area contributed by atoms with Crippen LogP contribution in [0.2, 0.25) is 0 Å². The molecule has 1 amide bonds. The van der Waals surface area contributed by atoms with Crippen molar-refractivity contribution >= 4 is 30.7 Å². The molecule has 2 saturated heterocycles. The van der Waals surface area contributed by atoms with Crippen LogP contribution in [0.25, 0.3) is 0 Å². The number of rotatable bonds is 5. The monoisotopic (exact) mass is 399 g/mol. The van der Waals surface area contributed by atoms with E-state index < -0.39 is 0 Å². The smallest absolute Gasteiger partial charge is 0.223 e. The average Bonchev–Trinajstić information content (AvgIpc) is 3.04. The molecule has 3 fully saturated rings. The fraction of sp³-hybridized carbons (Fsp3) is 0.650. The Morgan fingerprint density at radius 3 is 2.58 bits per heavy atom. The number of nitrogens with zero attached hydrogens (tertiary/aromatic N) is 1. The van der Waals surface area contributed by atoms with Crippen LogP contribution in [0, 0.1) is 11.3 Å². The lowest BCUT2D eigenvalue weighted by Gasteiger charge is -2.23. The summed E-state index contributed by atoms with van der Waals surface area (Å²) in [6.07, 6.45) is 6.07. The van der Waals surface area contributed by atoms with Gasteiger partial charge in [-0.2, -0.15) is 0 Å². The van der Waals surface area contributed by atoms with Gasteiger partial charge in [0.25, 0.3) is 0 Å². The van der Waals surface area contributed by atoms with Crippen LogP contribution in [-0.2, 0) is 17.9 Å². The van der Waals surface area contributed by atoms with Gasteiger partial charge in [-0.3, -0.25) is 9.69 Å². The van der Waals surface area contributed by atoms with Gasteiger partial charge in [0.1, 0.15) is 0 Å². The molecule has 26 heavy (non-hydrogen) atoms. The zero-order valence-corrected chi connectivity index (χ0v) is 17.0. The van der Waals surface area contributed by atoms with E-state index >= 15 is 0 Å². The molecule has 2 N–H and O–H groups in total. The van der Waals surface area contributed by atoms with Gasteiger partial charge in [-0.05, 0) is 74.8 Å². The topological polar surface area (TPSA) is 44.4 Å². The van der Waals surface area contributed by atoms with Crippen molar-refractivity contribution in [3.63, 3.8) is 0 Å². The molecular weight excluding hydrogens is 369 g/mol. The summed E-state index contributed by atoms with van der Waals surface area (Å²) in [7, 11) is 0. The van der Waals surface area contributed by atoms with E-state index in [1.165, 1.54) is 37.1 Å². The van der Waals surface area contributed by atoms with Gasteiger partial charge in [-0.15, -0.1) is 24.8 Å². The summed E-state index contributed by atoms with van der Waals surface area (Å²) in [4.78, 5) is 15.0. The molecule has 4 rings (SSSR count). The van der Waals surface area contributed by atoms with E-state index in [1.54, 1.807) is 0 Å². The first-order valence-corrected chi connectivity index (χ1v) is 9.54. The van der Waals surface area contributed by atoms with Crippen molar-refractivity contribution in [2.24, 2.45) is 11.3 Å². The van der Waals surface area contributed by atoms with Gasteiger partial charge in [-0.1, -0.05) is 24.3 Å². The number of benzene rings is 1. The molecule has 3 aliphatic rings. The van der Waals surface area contributed by atoms with Gasteiger partial charge < -0.3 is 10.6 Å². The van der Waals surface area contributed by atoms with Crippen LogP contribution in [0.1, 0.15) is 43.2 Å². The summed E-state index contributed by atoms with van der Waals surface area (Å²) in [5, 5.41) is 6.58. The maximum Gasteiger partial charge on any atom is 0.223 e. The Balaban J connectivity index is 0.00000121. The summed E-state index contributed by atoms with van der Waals surface area (Å²) in [5.41, 5.74) is 2.91. The van der Waals surface area contributed by atoms with Gasteiger partial charge in [0.15, 0.2) is 0 Å². The lowest BCUT2D eigenvalue weighted by molar-refractivity contribution is -0.123. The molecule has 1 aliphatic carbocycles. The van der Waals surface area contributed by atoms with E-state index in [0.29, 0.717) is 12.0 Å².